The third kappa shape index (κ3) is 6.37. The molecule has 0 aliphatic heterocycles. The van der Waals surface area contributed by atoms with Crippen LogP contribution in [-0.4, -0.2) is 35.3 Å². The SMILES string of the molecule is O=S(=O)([O-])c1ccccc1C(=C1C=CC(=[N+](CCl)c2ccccc2)C=C1)c1ccc(N(CCl)c2ccccc2)cc1. The highest BCUT2D eigenvalue weighted by Crippen LogP contribution is 2.35. The van der Waals surface area contributed by atoms with Crippen LogP contribution in [-0.2, 0) is 10.1 Å². The summed E-state index contributed by atoms with van der Waals surface area (Å²) >= 11 is 12.6. The lowest BCUT2D eigenvalue weighted by Gasteiger charge is -2.23. The first-order chi connectivity index (χ1) is 19.9. The van der Waals surface area contributed by atoms with Crippen molar-refractivity contribution in [2.75, 3.05) is 16.9 Å². The van der Waals surface area contributed by atoms with E-state index >= 15 is 0 Å². The van der Waals surface area contributed by atoms with Gasteiger partial charge in [0.25, 0.3) is 0 Å². The fourth-order valence-electron chi connectivity index (χ4n) is 4.77. The average molecular weight is 602 g/mol. The molecule has 0 atom stereocenters. The number of halogens is 2. The molecular weight excluding hydrogens is 575 g/mol. The van der Waals surface area contributed by atoms with Crippen molar-refractivity contribution in [3.8, 4) is 0 Å². The third-order valence-corrected chi connectivity index (χ3v) is 8.11. The van der Waals surface area contributed by atoms with Crippen LogP contribution in [0.2, 0.25) is 0 Å². The number of alkyl halides is 2. The van der Waals surface area contributed by atoms with Gasteiger partial charge >= 0.3 is 0 Å². The second-order valence-corrected chi connectivity index (χ2v) is 11.0. The molecule has 1 aliphatic rings. The van der Waals surface area contributed by atoms with E-state index in [1.807, 2.05) is 119 Å². The van der Waals surface area contributed by atoms with Crippen molar-refractivity contribution in [1.82, 2.24) is 0 Å². The number of hydrogen-bond acceptors (Lipinski definition) is 4. The molecule has 0 saturated heterocycles. The molecule has 0 aromatic heterocycles. The molecule has 0 bridgehead atoms. The Morgan fingerprint density at radius 1 is 0.707 bits per heavy atom. The predicted octanol–water partition coefficient (Wildman–Crippen LogP) is 7.83. The van der Waals surface area contributed by atoms with Gasteiger partial charge in [-0.05, 0) is 59.2 Å². The minimum atomic E-state index is -4.74. The van der Waals surface area contributed by atoms with Crippen molar-refractivity contribution in [2.45, 2.75) is 4.90 Å². The molecule has 206 valence electrons. The third-order valence-electron chi connectivity index (χ3n) is 6.74. The minimum Gasteiger partial charge on any atom is -0.744 e. The molecule has 0 spiro atoms. The molecule has 0 heterocycles. The van der Waals surface area contributed by atoms with Crippen LogP contribution in [0.4, 0.5) is 17.1 Å². The van der Waals surface area contributed by atoms with Gasteiger partial charge in [-0.25, -0.2) is 8.42 Å². The fourth-order valence-corrected chi connectivity index (χ4v) is 6.01. The number of nitrogens with zero attached hydrogens (tertiary/aromatic N) is 2. The van der Waals surface area contributed by atoms with E-state index in [0.29, 0.717) is 11.1 Å². The molecule has 8 heteroatoms. The van der Waals surface area contributed by atoms with Crippen molar-refractivity contribution in [3.63, 3.8) is 0 Å². The summed E-state index contributed by atoms with van der Waals surface area (Å²) in [7, 11) is -4.74. The van der Waals surface area contributed by atoms with Crippen LogP contribution in [0.5, 0.6) is 0 Å². The topological polar surface area (TPSA) is 63.5 Å². The zero-order chi connectivity index (χ0) is 28.8. The average Bonchev–Trinajstić information content (AvgIpc) is 3.00. The lowest BCUT2D eigenvalue weighted by molar-refractivity contribution is -0.417. The minimum absolute atomic E-state index is 0.247. The lowest BCUT2D eigenvalue weighted by atomic mass is 9.90. The maximum Gasteiger partial charge on any atom is 0.223 e. The molecular formula is C33H26Cl2N2O3S. The summed E-state index contributed by atoms with van der Waals surface area (Å²) < 4.78 is 38.8. The maximum atomic E-state index is 12.3. The molecule has 0 unspecified atom stereocenters. The number of hydrogen-bond donors (Lipinski definition) is 0. The van der Waals surface area contributed by atoms with Gasteiger partial charge in [0.15, 0.2) is 0 Å². The van der Waals surface area contributed by atoms with E-state index < -0.39 is 10.1 Å². The lowest BCUT2D eigenvalue weighted by Crippen LogP contribution is -2.14. The summed E-state index contributed by atoms with van der Waals surface area (Å²) in [6.07, 6.45) is 7.67. The molecule has 0 saturated carbocycles. The summed E-state index contributed by atoms with van der Waals surface area (Å²) in [4.78, 5) is 1.68. The van der Waals surface area contributed by atoms with Crippen LogP contribution in [0, 0.1) is 0 Å². The smallest absolute Gasteiger partial charge is 0.223 e. The molecule has 0 amide bonds. The van der Waals surface area contributed by atoms with Crippen LogP contribution >= 0.6 is 23.2 Å². The molecule has 41 heavy (non-hydrogen) atoms. The Morgan fingerprint density at radius 3 is 1.85 bits per heavy atom. The van der Waals surface area contributed by atoms with E-state index in [2.05, 4.69) is 0 Å². The van der Waals surface area contributed by atoms with Crippen molar-refractivity contribution >= 4 is 61.7 Å². The summed E-state index contributed by atoms with van der Waals surface area (Å²) in [5.74, 6) is 0. The van der Waals surface area contributed by atoms with Crippen LogP contribution in [0.25, 0.3) is 5.57 Å². The first-order valence-electron chi connectivity index (χ1n) is 12.8. The van der Waals surface area contributed by atoms with E-state index in [4.69, 9.17) is 23.2 Å². The normalized spacial score (nSPS) is 12.9. The van der Waals surface area contributed by atoms with Gasteiger partial charge in [-0.2, -0.15) is 4.58 Å². The standard InChI is InChI=1S/C33H26Cl2N2O3S/c34-23-36(27-9-3-1-4-10-27)29-19-15-25(16-20-29)33(31-13-7-8-14-32(31)41(38,39)40)26-17-21-30(22-18-26)37(24-35)28-11-5-2-6-12-28/h1-22H,23-24H2. The molecule has 5 nitrogen and oxygen atoms in total. The first kappa shape index (κ1) is 28.6. The summed E-state index contributed by atoms with van der Waals surface area (Å²) in [5.41, 5.74) is 6.07. The zero-order valence-corrected chi connectivity index (χ0v) is 24.2. The van der Waals surface area contributed by atoms with E-state index in [-0.39, 0.29) is 16.9 Å². The Hall–Kier alpha value is -3.94. The Kier molecular flexibility index (Phi) is 8.86. The van der Waals surface area contributed by atoms with Crippen molar-refractivity contribution in [1.29, 1.82) is 0 Å². The van der Waals surface area contributed by atoms with Crippen molar-refractivity contribution in [3.05, 3.63) is 150 Å². The van der Waals surface area contributed by atoms with Crippen LogP contribution in [0.3, 0.4) is 0 Å². The molecule has 0 fully saturated rings. The van der Waals surface area contributed by atoms with Gasteiger partial charge in [0, 0.05) is 41.2 Å². The Labute approximate surface area is 250 Å². The fraction of sp³-hybridized carbons (Fsp3) is 0.0606. The summed E-state index contributed by atoms with van der Waals surface area (Å²) in [6.45, 7) is 0. The highest BCUT2D eigenvalue weighted by atomic mass is 35.5. The number of rotatable bonds is 8. The molecule has 4 aromatic carbocycles. The van der Waals surface area contributed by atoms with Crippen molar-refractivity contribution in [2.24, 2.45) is 0 Å². The van der Waals surface area contributed by atoms with E-state index in [1.54, 1.807) is 18.2 Å². The zero-order valence-electron chi connectivity index (χ0n) is 21.9. The Morgan fingerprint density at radius 2 is 1.27 bits per heavy atom. The molecule has 5 rings (SSSR count). The van der Waals surface area contributed by atoms with Crippen LogP contribution in [0.15, 0.2) is 144 Å². The number of anilines is 2. The molecule has 0 N–H and O–H groups in total. The second kappa shape index (κ2) is 12.7. The Balaban J connectivity index is 1.64. The van der Waals surface area contributed by atoms with Gasteiger partial charge in [-0.15, -0.1) is 11.6 Å². The van der Waals surface area contributed by atoms with Crippen LogP contribution < -0.4 is 4.90 Å². The van der Waals surface area contributed by atoms with Gasteiger partial charge < -0.3 is 9.45 Å². The van der Waals surface area contributed by atoms with Gasteiger partial charge in [0.1, 0.15) is 10.1 Å². The largest absolute Gasteiger partial charge is 0.744 e. The quantitative estimate of drug-likeness (QED) is 0.0894. The van der Waals surface area contributed by atoms with Crippen molar-refractivity contribution < 1.29 is 17.5 Å². The molecule has 0 radical (unpaired) electrons. The molecule has 1 aliphatic carbocycles. The van der Waals surface area contributed by atoms with Gasteiger partial charge in [-0.3, -0.25) is 0 Å². The summed E-state index contributed by atoms with van der Waals surface area (Å²) in [6, 6.07) is 34.0. The van der Waals surface area contributed by atoms with E-state index in [0.717, 1.165) is 33.9 Å². The monoisotopic (exact) mass is 600 g/mol. The highest BCUT2D eigenvalue weighted by Gasteiger charge is 2.20. The van der Waals surface area contributed by atoms with Gasteiger partial charge in [0.05, 0.1) is 10.9 Å². The highest BCUT2D eigenvalue weighted by molar-refractivity contribution is 7.85. The number of allylic oxidation sites excluding steroid dienone is 5. The summed E-state index contributed by atoms with van der Waals surface area (Å²) in [5, 5.41) is 0. The van der Waals surface area contributed by atoms with Gasteiger partial charge in [0.2, 0.25) is 17.4 Å². The maximum absolute atomic E-state index is 12.3. The number of benzene rings is 4. The molecule has 4 aromatic rings. The van der Waals surface area contributed by atoms with E-state index in [9.17, 15) is 13.0 Å². The Bertz CT molecular complexity index is 1750. The number of para-hydroxylation sites is 2. The van der Waals surface area contributed by atoms with E-state index in [1.165, 1.54) is 6.07 Å². The second-order valence-electron chi connectivity index (χ2n) is 9.19. The first-order valence-corrected chi connectivity index (χ1v) is 15.3. The predicted molar refractivity (Wildman–Crippen MR) is 167 cm³/mol. The van der Waals surface area contributed by atoms with Crippen LogP contribution in [0.1, 0.15) is 11.1 Å². The van der Waals surface area contributed by atoms with Gasteiger partial charge in [-0.1, -0.05) is 78.3 Å².